The number of nitro benzene ring substituents is 1. The Bertz CT molecular complexity index is 580. The van der Waals surface area contributed by atoms with Gasteiger partial charge >= 0.3 is 0 Å². The van der Waals surface area contributed by atoms with Crippen LogP contribution >= 0.6 is 0 Å². The van der Waals surface area contributed by atoms with Crippen molar-refractivity contribution in [2.75, 3.05) is 38.2 Å². The zero-order valence-corrected chi connectivity index (χ0v) is 12.8. The first-order valence-corrected chi connectivity index (χ1v) is 7.59. The summed E-state index contributed by atoms with van der Waals surface area (Å²) in [5.74, 6) is 0. The van der Waals surface area contributed by atoms with Crippen molar-refractivity contribution in [2.24, 2.45) is 0 Å². The van der Waals surface area contributed by atoms with Crippen molar-refractivity contribution in [3.05, 3.63) is 46.0 Å². The van der Waals surface area contributed by atoms with Crippen LogP contribution in [-0.4, -0.2) is 49.2 Å². The average molecular weight is 303 g/mol. The number of methoxy groups -OCH3 is 1. The zero-order chi connectivity index (χ0) is 15.5. The van der Waals surface area contributed by atoms with Gasteiger partial charge in [0.05, 0.1) is 11.5 Å². The molecule has 0 aromatic heterocycles. The van der Waals surface area contributed by atoms with E-state index < -0.39 is 0 Å². The number of nitro groups is 1. The fraction of sp³-hybridized carbons (Fsp3) is 0.500. The molecule has 1 aromatic rings. The fourth-order valence-corrected chi connectivity index (χ4v) is 3.32. The fourth-order valence-electron chi connectivity index (χ4n) is 3.32. The van der Waals surface area contributed by atoms with Crippen molar-refractivity contribution < 1.29 is 9.66 Å². The highest BCUT2D eigenvalue weighted by molar-refractivity contribution is 5.58. The van der Waals surface area contributed by atoms with Crippen LogP contribution in [0.15, 0.2) is 30.4 Å². The van der Waals surface area contributed by atoms with Gasteiger partial charge in [-0.25, -0.2) is 0 Å². The van der Waals surface area contributed by atoms with Crippen LogP contribution in [0.1, 0.15) is 12.0 Å². The van der Waals surface area contributed by atoms with Gasteiger partial charge in [-0.05, 0) is 12.5 Å². The Balaban J connectivity index is 1.77. The molecule has 2 heterocycles. The summed E-state index contributed by atoms with van der Waals surface area (Å²) >= 11 is 0. The van der Waals surface area contributed by atoms with Crippen LogP contribution in [0.25, 0.3) is 0 Å². The second-order valence-electron chi connectivity index (χ2n) is 5.82. The molecule has 118 valence electrons. The molecule has 0 saturated carbocycles. The number of benzene rings is 1. The molecule has 0 spiro atoms. The third kappa shape index (κ3) is 2.98. The van der Waals surface area contributed by atoms with E-state index in [1.165, 1.54) is 0 Å². The predicted octanol–water partition coefficient (Wildman–Crippen LogP) is 2.19. The van der Waals surface area contributed by atoms with Gasteiger partial charge in [-0.1, -0.05) is 12.2 Å². The highest BCUT2D eigenvalue weighted by Crippen LogP contribution is 2.30. The summed E-state index contributed by atoms with van der Waals surface area (Å²) in [5.41, 5.74) is 2.06. The number of hydrogen-bond acceptors (Lipinski definition) is 5. The Labute approximate surface area is 130 Å². The number of ether oxygens (including phenoxy) is 1. The van der Waals surface area contributed by atoms with Crippen molar-refractivity contribution in [3.63, 3.8) is 0 Å². The highest BCUT2D eigenvalue weighted by atomic mass is 16.6. The summed E-state index contributed by atoms with van der Waals surface area (Å²) in [5, 5.41) is 11.0. The van der Waals surface area contributed by atoms with Crippen LogP contribution in [0.2, 0.25) is 0 Å². The highest BCUT2D eigenvalue weighted by Gasteiger charge is 2.29. The number of non-ortho nitro benzene ring substituents is 1. The molecule has 6 heteroatoms. The Kier molecular flexibility index (Phi) is 4.40. The molecule has 1 fully saturated rings. The lowest BCUT2D eigenvalue weighted by molar-refractivity contribution is -0.384. The first-order chi connectivity index (χ1) is 10.7. The summed E-state index contributed by atoms with van der Waals surface area (Å²) in [6.45, 7) is 4.41. The second-order valence-corrected chi connectivity index (χ2v) is 5.82. The smallest absolute Gasteiger partial charge is 0.269 e. The Morgan fingerprint density at radius 1 is 1.36 bits per heavy atom. The lowest BCUT2D eigenvalue weighted by Gasteiger charge is -2.25. The maximum absolute atomic E-state index is 11.0. The summed E-state index contributed by atoms with van der Waals surface area (Å²) in [7, 11) is 1.62. The van der Waals surface area contributed by atoms with Gasteiger partial charge in [0, 0.05) is 62.7 Å². The minimum atomic E-state index is -0.356. The lowest BCUT2D eigenvalue weighted by atomic mass is 10.1. The second kappa shape index (κ2) is 6.46. The van der Waals surface area contributed by atoms with Crippen LogP contribution < -0.4 is 4.90 Å². The molecular formula is C16H21N3O3. The quantitative estimate of drug-likeness (QED) is 0.474. The molecule has 3 rings (SSSR count). The van der Waals surface area contributed by atoms with Gasteiger partial charge in [-0.3, -0.25) is 15.0 Å². The largest absolute Gasteiger partial charge is 0.380 e. The normalized spacial score (nSPS) is 21.7. The van der Waals surface area contributed by atoms with Crippen LogP contribution in [0, 0.1) is 10.1 Å². The number of anilines is 1. The standard InChI is InChI=1S/C16H21N3O3/c1-22-12-13-10-14(19(20)21)4-5-16(13)18-9-6-15(11-18)17-7-2-3-8-17/h2-5,10,15H,6-9,11-12H2,1H3. The van der Waals surface area contributed by atoms with Gasteiger partial charge in [0.1, 0.15) is 0 Å². The molecular weight excluding hydrogens is 282 g/mol. The van der Waals surface area contributed by atoms with Gasteiger partial charge in [0.25, 0.3) is 5.69 Å². The van der Waals surface area contributed by atoms with Crippen molar-refractivity contribution in [3.8, 4) is 0 Å². The van der Waals surface area contributed by atoms with Gasteiger partial charge in [-0.2, -0.15) is 0 Å². The maximum Gasteiger partial charge on any atom is 0.269 e. The van der Waals surface area contributed by atoms with Gasteiger partial charge < -0.3 is 9.64 Å². The predicted molar refractivity (Wildman–Crippen MR) is 85.1 cm³/mol. The monoisotopic (exact) mass is 303 g/mol. The van der Waals surface area contributed by atoms with E-state index in [1.54, 1.807) is 19.2 Å². The first-order valence-electron chi connectivity index (χ1n) is 7.59. The Morgan fingerprint density at radius 3 is 2.82 bits per heavy atom. The van der Waals surface area contributed by atoms with Gasteiger partial charge in [-0.15, -0.1) is 0 Å². The van der Waals surface area contributed by atoms with E-state index in [9.17, 15) is 10.1 Å². The molecule has 1 aromatic carbocycles. The molecule has 1 unspecified atom stereocenters. The van der Waals surface area contributed by atoms with E-state index in [4.69, 9.17) is 4.74 Å². The topological polar surface area (TPSA) is 58.9 Å². The number of rotatable bonds is 5. The minimum absolute atomic E-state index is 0.121. The summed E-state index contributed by atoms with van der Waals surface area (Å²) in [4.78, 5) is 15.4. The van der Waals surface area contributed by atoms with Crippen LogP contribution in [-0.2, 0) is 11.3 Å². The lowest BCUT2D eigenvalue weighted by Crippen LogP contribution is -2.35. The van der Waals surface area contributed by atoms with Crippen LogP contribution in [0.4, 0.5) is 11.4 Å². The van der Waals surface area contributed by atoms with E-state index in [0.717, 1.165) is 43.9 Å². The van der Waals surface area contributed by atoms with Crippen molar-refractivity contribution in [1.29, 1.82) is 0 Å². The first kappa shape index (κ1) is 15.0. The Morgan fingerprint density at radius 2 is 2.14 bits per heavy atom. The number of nitrogens with zero attached hydrogens (tertiary/aromatic N) is 3. The molecule has 1 atom stereocenters. The molecule has 0 amide bonds. The van der Waals surface area contributed by atoms with Crippen molar-refractivity contribution >= 4 is 11.4 Å². The van der Waals surface area contributed by atoms with E-state index in [-0.39, 0.29) is 10.6 Å². The minimum Gasteiger partial charge on any atom is -0.380 e. The molecule has 0 radical (unpaired) electrons. The molecule has 6 nitrogen and oxygen atoms in total. The van der Waals surface area contributed by atoms with Gasteiger partial charge in [0.2, 0.25) is 0 Å². The molecule has 0 aliphatic carbocycles. The van der Waals surface area contributed by atoms with E-state index in [2.05, 4.69) is 22.0 Å². The summed E-state index contributed by atoms with van der Waals surface area (Å²) in [6, 6.07) is 5.63. The number of hydrogen-bond donors (Lipinski definition) is 0. The maximum atomic E-state index is 11.0. The Hall–Kier alpha value is -1.92. The molecule has 0 N–H and O–H groups in total. The summed E-state index contributed by atoms with van der Waals surface area (Å²) < 4.78 is 5.22. The van der Waals surface area contributed by atoms with Crippen molar-refractivity contribution in [1.82, 2.24) is 4.90 Å². The summed E-state index contributed by atoms with van der Waals surface area (Å²) in [6.07, 6.45) is 5.56. The van der Waals surface area contributed by atoms with E-state index in [0.29, 0.717) is 12.6 Å². The van der Waals surface area contributed by atoms with E-state index in [1.807, 2.05) is 6.07 Å². The van der Waals surface area contributed by atoms with Crippen LogP contribution in [0.3, 0.4) is 0 Å². The molecule has 0 bridgehead atoms. The van der Waals surface area contributed by atoms with Crippen LogP contribution in [0.5, 0.6) is 0 Å². The zero-order valence-electron chi connectivity index (χ0n) is 12.8. The average Bonchev–Trinajstić information content (AvgIpc) is 3.18. The van der Waals surface area contributed by atoms with Crippen molar-refractivity contribution in [2.45, 2.75) is 19.1 Å². The SMILES string of the molecule is COCc1cc([N+](=O)[O-])ccc1N1CCC(N2CC=CC2)C1. The third-order valence-corrected chi connectivity index (χ3v) is 4.44. The third-order valence-electron chi connectivity index (χ3n) is 4.44. The van der Waals surface area contributed by atoms with Gasteiger partial charge in [0.15, 0.2) is 0 Å². The van der Waals surface area contributed by atoms with E-state index >= 15 is 0 Å². The molecule has 22 heavy (non-hydrogen) atoms. The molecule has 2 aliphatic rings. The molecule has 2 aliphatic heterocycles. The molecule has 1 saturated heterocycles.